The van der Waals surface area contributed by atoms with E-state index in [1.807, 2.05) is 60.7 Å². The molecule has 1 fully saturated rings. The van der Waals surface area contributed by atoms with E-state index in [0.717, 1.165) is 31.5 Å². The summed E-state index contributed by atoms with van der Waals surface area (Å²) in [5, 5.41) is 12.7. The molecule has 0 bridgehead atoms. The van der Waals surface area contributed by atoms with Gasteiger partial charge in [0.1, 0.15) is 0 Å². The van der Waals surface area contributed by atoms with Crippen molar-refractivity contribution in [1.29, 1.82) is 0 Å². The molecule has 3 atom stereocenters. The van der Waals surface area contributed by atoms with Crippen molar-refractivity contribution in [2.45, 2.75) is 70.4 Å². The Morgan fingerprint density at radius 3 is 2.09 bits per heavy atom. The summed E-state index contributed by atoms with van der Waals surface area (Å²) >= 11 is 0. The van der Waals surface area contributed by atoms with Crippen molar-refractivity contribution in [2.75, 3.05) is 19.6 Å². The number of likely N-dealkylation sites (tertiary alicyclic amines) is 1. The normalized spacial score (nSPS) is 26.7. The molecule has 2 aromatic rings. The molecule has 0 saturated carbocycles. The van der Waals surface area contributed by atoms with E-state index in [1.54, 1.807) is 0 Å². The summed E-state index contributed by atoms with van der Waals surface area (Å²) in [5.41, 5.74) is -0.575. The number of benzene rings is 2. The van der Waals surface area contributed by atoms with Crippen molar-refractivity contribution in [3.05, 3.63) is 77.9 Å². The fourth-order valence-electron chi connectivity index (χ4n) is 5.48. The number of ketones is 1. The summed E-state index contributed by atoms with van der Waals surface area (Å²) in [7, 11) is -2.20. The van der Waals surface area contributed by atoms with E-state index in [9.17, 15) is 9.90 Å². The first kappa shape index (κ1) is 26.0. The van der Waals surface area contributed by atoms with Crippen LogP contribution >= 0.6 is 0 Å². The molecule has 0 radical (unpaired) electrons. The highest BCUT2D eigenvalue weighted by Crippen LogP contribution is 2.56. The van der Waals surface area contributed by atoms with Crippen LogP contribution in [-0.2, 0) is 14.8 Å². The maximum absolute atomic E-state index is 14.3. The maximum Gasteiger partial charge on any atom is 0.200 e. The zero-order valence-corrected chi connectivity index (χ0v) is 23.2. The van der Waals surface area contributed by atoms with Gasteiger partial charge in [0.15, 0.2) is 19.7 Å². The number of Topliss-reactive ketones (excluding diaryl/α,β-unsaturated/α-hetero) is 1. The Morgan fingerprint density at radius 2 is 1.54 bits per heavy atom. The molecule has 1 saturated heterocycles. The van der Waals surface area contributed by atoms with Gasteiger partial charge in [0.25, 0.3) is 0 Å². The first-order chi connectivity index (χ1) is 16.4. The summed E-state index contributed by atoms with van der Waals surface area (Å²) < 4.78 is 7.00. The van der Waals surface area contributed by atoms with E-state index < -0.39 is 19.3 Å². The summed E-state index contributed by atoms with van der Waals surface area (Å²) in [6, 6.07) is 19.3. The van der Waals surface area contributed by atoms with Gasteiger partial charge in [0.05, 0.1) is 11.5 Å². The van der Waals surface area contributed by atoms with Gasteiger partial charge < -0.3 is 14.4 Å². The summed E-state index contributed by atoms with van der Waals surface area (Å²) in [6.07, 6.45) is 3.98. The van der Waals surface area contributed by atoms with E-state index in [-0.39, 0.29) is 16.9 Å². The first-order valence-corrected chi connectivity index (χ1v) is 15.8. The van der Waals surface area contributed by atoms with E-state index in [1.165, 1.54) is 0 Å². The standard InChI is InChI=1S/C30H41NO3Si/c1-23(34-35(5,6)28(2,3)4)29(22-31-19-13-14-20-31)21-26(24-15-9-7-10-16-24)27(32)30(29,33)25-17-11-8-12-18-25/h7-12,15-18,21,23,33H,13-14,19-20,22H2,1-6H3/t23?,29-,30+/m1/s1. The number of nitrogens with zero attached hydrogens (tertiary/aromatic N) is 1. The van der Waals surface area contributed by atoms with Gasteiger partial charge in [-0.25, -0.2) is 0 Å². The zero-order chi connectivity index (χ0) is 25.5. The molecule has 0 amide bonds. The van der Waals surface area contributed by atoms with E-state index >= 15 is 0 Å². The van der Waals surface area contributed by atoms with Gasteiger partial charge in [-0.2, -0.15) is 0 Å². The fraction of sp³-hybridized carbons (Fsp3) is 0.500. The molecule has 35 heavy (non-hydrogen) atoms. The van der Waals surface area contributed by atoms with Gasteiger partial charge in [0, 0.05) is 12.1 Å². The zero-order valence-electron chi connectivity index (χ0n) is 22.2. The van der Waals surface area contributed by atoms with Crippen molar-refractivity contribution in [2.24, 2.45) is 5.41 Å². The predicted molar refractivity (Wildman–Crippen MR) is 146 cm³/mol. The predicted octanol–water partition coefficient (Wildman–Crippen LogP) is 6.03. The third-order valence-electron chi connectivity index (χ3n) is 8.61. The molecular weight excluding hydrogens is 450 g/mol. The Balaban J connectivity index is 1.93. The van der Waals surface area contributed by atoms with Gasteiger partial charge in [-0.05, 0) is 62.1 Å². The van der Waals surface area contributed by atoms with E-state index in [4.69, 9.17) is 4.43 Å². The second-order valence-electron chi connectivity index (χ2n) is 11.9. The van der Waals surface area contributed by atoms with Crippen LogP contribution in [0.2, 0.25) is 18.1 Å². The third kappa shape index (κ3) is 4.48. The van der Waals surface area contributed by atoms with Crippen LogP contribution < -0.4 is 0 Å². The second-order valence-corrected chi connectivity index (χ2v) is 16.6. The molecule has 4 nitrogen and oxygen atoms in total. The number of rotatable bonds is 7. The lowest BCUT2D eigenvalue weighted by atomic mass is 9.66. The van der Waals surface area contributed by atoms with Crippen molar-refractivity contribution >= 4 is 19.7 Å². The van der Waals surface area contributed by atoms with Crippen molar-refractivity contribution < 1.29 is 14.3 Å². The van der Waals surface area contributed by atoms with E-state index in [2.05, 4.69) is 51.8 Å². The highest BCUT2D eigenvalue weighted by atomic mass is 28.4. The van der Waals surface area contributed by atoms with Crippen LogP contribution in [0, 0.1) is 5.41 Å². The fourth-order valence-corrected chi connectivity index (χ4v) is 6.93. The molecule has 2 aromatic carbocycles. The molecule has 5 heteroatoms. The molecule has 1 heterocycles. The molecule has 188 valence electrons. The molecular formula is C30H41NO3Si. The quantitative estimate of drug-likeness (QED) is 0.480. The monoisotopic (exact) mass is 491 g/mol. The lowest BCUT2D eigenvalue weighted by molar-refractivity contribution is -0.154. The van der Waals surface area contributed by atoms with Crippen LogP contribution in [0.25, 0.3) is 5.57 Å². The minimum Gasteiger partial charge on any atom is -0.413 e. The van der Waals surface area contributed by atoms with Crippen molar-refractivity contribution in [3.63, 3.8) is 0 Å². The van der Waals surface area contributed by atoms with Crippen LogP contribution in [-0.4, -0.2) is 49.8 Å². The van der Waals surface area contributed by atoms with Gasteiger partial charge >= 0.3 is 0 Å². The van der Waals surface area contributed by atoms with Crippen molar-refractivity contribution in [3.8, 4) is 0 Å². The number of aliphatic hydroxyl groups is 1. The lowest BCUT2D eigenvalue weighted by Gasteiger charge is -2.50. The van der Waals surface area contributed by atoms with Gasteiger partial charge in [-0.3, -0.25) is 4.79 Å². The van der Waals surface area contributed by atoms with Crippen molar-refractivity contribution in [1.82, 2.24) is 4.90 Å². The largest absolute Gasteiger partial charge is 0.413 e. The Hall–Kier alpha value is -2.05. The van der Waals surface area contributed by atoms with Crippen LogP contribution in [0.5, 0.6) is 0 Å². The Morgan fingerprint density at radius 1 is 1.00 bits per heavy atom. The topological polar surface area (TPSA) is 49.8 Å². The number of hydrogen-bond donors (Lipinski definition) is 1. The smallest absolute Gasteiger partial charge is 0.200 e. The summed E-state index contributed by atoms with van der Waals surface area (Å²) in [6.45, 7) is 15.8. The van der Waals surface area contributed by atoms with Gasteiger partial charge in [-0.15, -0.1) is 0 Å². The molecule has 1 aliphatic heterocycles. The highest BCUT2D eigenvalue weighted by molar-refractivity contribution is 6.74. The Bertz CT molecular complexity index is 1070. The molecule has 0 spiro atoms. The Kier molecular flexibility index (Phi) is 7.01. The lowest BCUT2D eigenvalue weighted by Crippen LogP contribution is -2.60. The average Bonchev–Trinajstić information content (AvgIpc) is 3.41. The van der Waals surface area contributed by atoms with Gasteiger partial charge in [-0.1, -0.05) is 87.5 Å². The second kappa shape index (κ2) is 9.43. The van der Waals surface area contributed by atoms with Crippen LogP contribution in [0.1, 0.15) is 51.7 Å². The number of hydrogen-bond acceptors (Lipinski definition) is 4. The number of carbonyl (C=O) groups excluding carboxylic acids is 1. The Labute approximate surface area is 212 Å². The molecule has 1 unspecified atom stereocenters. The minimum atomic E-state index is -2.20. The highest BCUT2D eigenvalue weighted by Gasteiger charge is 2.64. The molecule has 1 aliphatic carbocycles. The van der Waals surface area contributed by atoms with E-state index in [0.29, 0.717) is 17.7 Å². The maximum atomic E-state index is 14.3. The number of carbonyl (C=O) groups is 1. The molecule has 1 N–H and O–H groups in total. The molecule has 2 aliphatic rings. The third-order valence-corrected chi connectivity index (χ3v) is 13.2. The van der Waals surface area contributed by atoms with Crippen LogP contribution in [0.3, 0.4) is 0 Å². The first-order valence-electron chi connectivity index (χ1n) is 12.9. The van der Waals surface area contributed by atoms with Gasteiger partial charge in [0.2, 0.25) is 0 Å². The van der Waals surface area contributed by atoms with Crippen LogP contribution in [0.4, 0.5) is 0 Å². The minimum absolute atomic E-state index is 0.00947. The molecule has 0 aromatic heterocycles. The summed E-state index contributed by atoms with van der Waals surface area (Å²) in [4.78, 5) is 16.7. The summed E-state index contributed by atoms with van der Waals surface area (Å²) in [5.74, 6) is -0.236. The SMILES string of the molecule is CC(O[Si](C)(C)C(C)(C)C)[C@]1(CN2CCCC2)C=C(c2ccccc2)C(=O)[C@@]1(O)c1ccccc1. The average molecular weight is 492 g/mol. The molecule has 4 rings (SSSR count). The van der Waals surface area contributed by atoms with Crippen LogP contribution in [0.15, 0.2) is 66.7 Å².